The summed E-state index contributed by atoms with van der Waals surface area (Å²) in [6.07, 6.45) is 6.89. The maximum Gasteiger partial charge on any atom is 0.272 e. The zero-order valence-corrected chi connectivity index (χ0v) is 17.0. The van der Waals surface area contributed by atoms with Gasteiger partial charge in [-0.1, -0.05) is 18.2 Å². The molecule has 4 aromatic rings. The molecule has 1 fully saturated rings. The highest BCUT2D eigenvalue weighted by molar-refractivity contribution is 5.97. The van der Waals surface area contributed by atoms with Gasteiger partial charge in [-0.05, 0) is 71.5 Å². The first-order chi connectivity index (χ1) is 14.6. The van der Waals surface area contributed by atoms with Gasteiger partial charge in [-0.15, -0.1) is 0 Å². The van der Waals surface area contributed by atoms with Gasteiger partial charge in [0, 0.05) is 43.3 Å². The van der Waals surface area contributed by atoms with Crippen molar-refractivity contribution >= 4 is 27.5 Å². The fraction of sp³-hybridized carbons (Fsp3) is 0.240. The maximum absolute atomic E-state index is 12.8. The molecule has 2 aromatic heterocycles. The number of carbonyl (C=O) groups excluding carboxylic acids is 1. The average Bonchev–Trinajstić information content (AvgIpc) is 2.80. The number of amides is 1. The molecule has 0 saturated carbocycles. The molecular weight excluding hydrogens is 374 g/mol. The van der Waals surface area contributed by atoms with E-state index >= 15 is 0 Å². The van der Waals surface area contributed by atoms with Gasteiger partial charge in [0.05, 0.1) is 0 Å². The molecule has 0 spiro atoms. The Kier molecular flexibility index (Phi) is 4.58. The van der Waals surface area contributed by atoms with Crippen molar-refractivity contribution < 1.29 is 4.79 Å². The molecule has 5 heteroatoms. The van der Waals surface area contributed by atoms with Crippen LogP contribution in [0.5, 0.6) is 0 Å². The van der Waals surface area contributed by atoms with Gasteiger partial charge in [0.1, 0.15) is 5.69 Å². The van der Waals surface area contributed by atoms with Crippen molar-refractivity contribution in [3.8, 4) is 11.1 Å². The van der Waals surface area contributed by atoms with Crippen molar-refractivity contribution in [1.29, 1.82) is 0 Å². The third kappa shape index (κ3) is 3.26. The summed E-state index contributed by atoms with van der Waals surface area (Å²) in [5.74, 6) is 0.0172. The topological polar surface area (TPSA) is 55.2 Å². The van der Waals surface area contributed by atoms with Gasteiger partial charge in [0.15, 0.2) is 0 Å². The van der Waals surface area contributed by atoms with Crippen molar-refractivity contribution in [3.63, 3.8) is 0 Å². The number of hydrogen-bond acceptors (Lipinski definition) is 3. The Morgan fingerprint density at radius 1 is 0.867 bits per heavy atom. The molecular formula is C25H23N3O2. The third-order valence-electron chi connectivity index (χ3n) is 6.00. The largest absolute Gasteiger partial charge is 0.337 e. The minimum Gasteiger partial charge on any atom is -0.337 e. The lowest BCUT2D eigenvalue weighted by Gasteiger charge is -2.26. The van der Waals surface area contributed by atoms with E-state index in [1.807, 2.05) is 41.3 Å². The number of pyridine rings is 2. The summed E-state index contributed by atoms with van der Waals surface area (Å²) in [5.41, 5.74) is 2.60. The van der Waals surface area contributed by atoms with Gasteiger partial charge in [0.25, 0.3) is 11.5 Å². The van der Waals surface area contributed by atoms with Crippen molar-refractivity contribution in [3.05, 3.63) is 77.0 Å². The van der Waals surface area contributed by atoms with Gasteiger partial charge in [-0.3, -0.25) is 14.6 Å². The predicted octanol–water partition coefficient (Wildman–Crippen LogP) is 4.38. The lowest BCUT2D eigenvalue weighted by molar-refractivity contribution is 0.0718. The Morgan fingerprint density at radius 3 is 2.40 bits per heavy atom. The maximum atomic E-state index is 12.8. The molecule has 0 bridgehead atoms. The lowest BCUT2D eigenvalue weighted by Crippen LogP contribution is -2.36. The highest BCUT2D eigenvalue weighted by atomic mass is 16.2. The van der Waals surface area contributed by atoms with Crippen LogP contribution < -0.4 is 5.56 Å². The van der Waals surface area contributed by atoms with Crippen LogP contribution in [0.15, 0.2) is 65.7 Å². The van der Waals surface area contributed by atoms with Crippen LogP contribution in [0.3, 0.4) is 0 Å². The van der Waals surface area contributed by atoms with E-state index in [0.29, 0.717) is 11.1 Å². The van der Waals surface area contributed by atoms with Crippen LogP contribution in [0.2, 0.25) is 0 Å². The quantitative estimate of drug-likeness (QED) is 0.504. The van der Waals surface area contributed by atoms with E-state index in [4.69, 9.17) is 0 Å². The summed E-state index contributed by atoms with van der Waals surface area (Å²) in [6.45, 7) is 1.63. The average molecular weight is 397 g/mol. The summed E-state index contributed by atoms with van der Waals surface area (Å²) in [5, 5.41) is 3.63. The Morgan fingerprint density at radius 2 is 1.60 bits per heavy atom. The molecule has 5 rings (SSSR count). The second-order valence-electron chi connectivity index (χ2n) is 8.02. The molecule has 1 amide bonds. The predicted molar refractivity (Wildman–Crippen MR) is 120 cm³/mol. The Hall–Kier alpha value is -3.47. The number of aryl methyl sites for hydroxylation is 1. The van der Waals surface area contributed by atoms with Crippen LogP contribution in [0.4, 0.5) is 0 Å². The monoisotopic (exact) mass is 397 g/mol. The molecule has 30 heavy (non-hydrogen) atoms. The van der Waals surface area contributed by atoms with Gasteiger partial charge >= 0.3 is 0 Å². The molecule has 3 heterocycles. The molecule has 150 valence electrons. The second-order valence-corrected chi connectivity index (χ2v) is 8.02. The number of piperidine rings is 1. The molecule has 0 atom stereocenters. The molecule has 1 saturated heterocycles. The number of likely N-dealkylation sites (tertiary alicyclic amines) is 1. The minimum atomic E-state index is 0.00417. The number of fused-ring (bicyclic) bond motifs is 2. The normalized spacial score (nSPS) is 14.4. The van der Waals surface area contributed by atoms with Crippen molar-refractivity contribution in [2.45, 2.75) is 19.3 Å². The first-order valence-electron chi connectivity index (χ1n) is 10.4. The molecule has 1 aliphatic heterocycles. The number of rotatable bonds is 2. The van der Waals surface area contributed by atoms with Crippen LogP contribution >= 0.6 is 0 Å². The van der Waals surface area contributed by atoms with E-state index in [2.05, 4.69) is 17.1 Å². The van der Waals surface area contributed by atoms with Gasteiger partial charge in [-0.25, -0.2) is 0 Å². The van der Waals surface area contributed by atoms with Gasteiger partial charge < -0.3 is 9.47 Å². The van der Waals surface area contributed by atoms with E-state index in [1.165, 1.54) is 6.42 Å². The number of nitrogens with zero attached hydrogens (tertiary/aromatic N) is 3. The van der Waals surface area contributed by atoms with Crippen LogP contribution in [0, 0.1) is 0 Å². The fourth-order valence-corrected chi connectivity index (χ4v) is 4.22. The summed E-state index contributed by atoms with van der Waals surface area (Å²) in [4.78, 5) is 31.5. The van der Waals surface area contributed by atoms with Gasteiger partial charge in [0.2, 0.25) is 0 Å². The zero-order chi connectivity index (χ0) is 20.7. The smallest absolute Gasteiger partial charge is 0.272 e. The van der Waals surface area contributed by atoms with Crippen LogP contribution in [0.25, 0.3) is 32.7 Å². The first-order valence-corrected chi connectivity index (χ1v) is 10.4. The summed E-state index contributed by atoms with van der Waals surface area (Å²) in [6, 6.07) is 15.9. The Balaban J connectivity index is 1.54. The number of carbonyl (C=O) groups is 1. The molecule has 0 radical (unpaired) electrons. The number of hydrogen-bond donors (Lipinski definition) is 0. The van der Waals surface area contributed by atoms with E-state index < -0.39 is 0 Å². The van der Waals surface area contributed by atoms with E-state index in [9.17, 15) is 9.59 Å². The van der Waals surface area contributed by atoms with Crippen molar-refractivity contribution in [1.82, 2.24) is 14.5 Å². The lowest BCUT2D eigenvalue weighted by atomic mass is 9.99. The fourth-order valence-electron chi connectivity index (χ4n) is 4.22. The van der Waals surface area contributed by atoms with Gasteiger partial charge in [-0.2, -0.15) is 0 Å². The standard InChI is InChI=1S/C25H23N3O2/c1-27-12-9-19-13-18(7-8-22(19)24(27)29)17-5-6-20-16-26-23(15-21(20)14-17)25(30)28-10-3-2-4-11-28/h5-9,12-16H,2-4,10-11H2,1H3. The molecule has 0 aliphatic carbocycles. The van der Waals surface area contributed by atoms with Crippen molar-refractivity contribution in [2.75, 3.05) is 13.1 Å². The van der Waals surface area contributed by atoms with E-state index in [0.717, 1.165) is 53.2 Å². The summed E-state index contributed by atoms with van der Waals surface area (Å²) < 4.78 is 1.59. The van der Waals surface area contributed by atoms with Crippen molar-refractivity contribution in [2.24, 2.45) is 7.05 Å². The second kappa shape index (κ2) is 7.41. The molecule has 0 unspecified atom stereocenters. The summed E-state index contributed by atoms with van der Waals surface area (Å²) >= 11 is 0. The molecule has 5 nitrogen and oxygen atoms in total. The highest BCUT2D eigenvalue weighted by Gasteiger charge is 2.19. The Labute approximate surface area is 174 Å². The zero-order valence-electron chi connectivity index (χ0n) is 17.0. The van der Waals surface area contributed by atoms with Crippen LogP contribution in [-0.2, 0) is 7.05 Å². The third-order valence-corrected chi connectivity index (χ3v) is 6.00. The highest BCUT2D eigenvalue weighted by Crippen LogP contribution is 2.27. The number of benzene rings is 2. The molecule has 0 N–H and O–H groups in total. The van der Waals surface area contributed by atoms with Crippen LogP contribution in [0.1, 0.15) is 29.8 Å². The summed E-state index contributed by atoms with van der Waals surface area (Å²) in [7, 11) is 1.76. The van der Waals surface area contributed by atoms with E-state index in [-0.39, 0.29) is 11.5 Å². The SMILES string of the molecule is Cn1ccc2cc(-c3ccc4cnc(C(=O)N5CCCCC5)cc4c3)ccc2c1=O. The van der Waals surface area contributed by atoms with Crippen LogP contribution in [-0.4, -0.2) is 33.4 Å². The van der Waals surface area contributed by atoms with E-state index in [1.54, 1.807) is 24.0 Å². The molecule has 1 aliphatic rings. The number of aromatic nitrogens is 2. The first kappa shape index (κ1) is 18.6. The minimum absolute atomic E-state index is 0.00417. The Bertz CT molecular complexity index is 1330. The molecule has 2 aromatic carbocycles.